The van der Waals surface area contributed by atoms with Crippen LogP contribution in [0.2, 0.25) is 0 Å². The number of rotatable bonds is 4. The molecular weight excluding hydrogens is 393 g/mol. The van der Waals surface area contributed by atoms with E-state index in [4.69, 9.17) is 16.9 Å². The van der Waals surface area contributed by atoms with Crippen LogP contribution >= 0.6 is 0 Å². The Bertz CT molecular complexity index is 1340. The van der Waals surface area contributed by atoms with Crippen molar-refractivity contribution in [3.05, 3.63) is 71.7 Å². The molecule has 0 unspecified atom stereocenters. The standard InChI is InChI=1S/C24H20FN5O/c1-5-17-10-14(2)18(12-28-17)23-22(20(26)13-30(23)4)16-6-7-21(19(25)11-16)31-24-27-9-8-15(3)29-24/h1,6-13H,26H2,2-4H3. The van der Waals surface area contributed by atoms with Crippen LogP contribution in [0.3, 0.4) is 0 Å². The third kappa shape index (κ3) is 3.83. The van der Waals surface area contributed by atoms with Gasteiger partial charge >= 0.3 is 6.01 Å². The predicted molar refractivity (Wildman–Crippen MR) is 118 cm³/mol. The zero-order valence-corrected chi connectivity index (χ0v) is 17.3. The summed E-state index contributed by atoms with van der Waals surface area (Å²) >= 11 is 0. The molecule has 2 N–H and O–H groups in total. The fourth-order valence-electron chi connectivity index (χ4n) is 3.47. The zero-order valence-electron chi connectivity index (χ0n) is 17.3. The topological polar surface area (TPSA) is 78.9 Å². The molecule has 0 bridgehead atoms. The van der Waals surface area contributed by atoms with Gasteiger partial charge in [-0.1, -0.05) is 12.0 Å². The molecule has 4 rings (SSSR count). The fraction of sp³-hybridized carbons (Fsp3) is 0.125. The van der Waals surface area contributed by atoms with Crippen molar-refractivity contribution in [3.8, 4) is 46.5 Å². The molecule has 0 saturated carbocycles. The van der Waals surface area contributed by atoms with Gasteiger partial charge in [-0.3, -0.25) is 0 Å². The summed E-state index contributed by atoms with van der Waals surface area (Å²) in [6.45, 7) is 3.75. The molecule has 7 heteroatoms. The first-order valence-corrected chi connectivity index (χ1v) is 9.53. The fourth-order valence-corrected chi connectivity index (χ4v) is 3.47. The maximum atomic E-state index is 14.9. The summed E-state index contributed by atoms with van der Waals surface area (Å²) in [7, 11) is 1.88. The van der Waals surface area contributed by atoms with Crippen LogP contribution in [0.5, 0.6) is 11.8 Å². The summed E-state index contributed by atoms with van der Waals surface area (Å²) in [5.74, 6) is 2.02. The summed E-state index contributed by atoms with van der Waals surface area (Å²) in [4.78, 5) is 12.5. The summed E-state index contributed by atoms with van der Waals surface area (Å²) in [5.41, 5.74) is 12.0. The molecule has 0 aliphatic carbocycles. The number of aromatic nitrogens is 4. The minimum Gasteiger partial charge on any atom is -0.421 e. The number of nitrogens with two attached hydrogens (primary N) is 1. The van der Waals surface area contributed by atoms with Gasteiger partial charge in [0.05, 0.1) is 11.4 Å². The Hall–Kier alpha value is -4.18. The molecule has 0 spiro atoms. The lowest BCUT2D eigenvalue weighted by molar-refractivity contribution is 0.410. The zero-order chi connectivity index (χ0) is 22.1. The highest BCUT2D eigenvalue weighted by Crippen LogP contribution is 2.40. The number of nitrogen functional groups attached to an aromatic ring is 1. The molecule has 0 aliphatic heterocycles. The van der Waals surface area contributed by atoms with E-state index in [0.29, 0.717) is 22.5 Å². The molecule has 3 heterocycles. The molecule has 1 aromatic carbocycles. The molecule has 0 fully saturated rings. The largest absolute Gasteiger partial charge is 0.421 e. The second-order valence-corrected chi connectivity index (χ2v) is 7.18. The second-order valence-electron chi connectivity index (χ2n) is 7.18. The third-order valence-corrected chi connectivity index (χ3v) is 4.92. The predicted octanol–water partition coefficient (Wildman–Crippen LogP) is 4.66. The van der Waals surface area contributed by atoms with Crippen LogP contribution in [0.4, 0.5) is 10.1 Å². The number of aryl methyl sites for hydroxylation is 3. The number of pyridine rings is 1. The lowest BCUT2D eigenvalue weighted by Gasteiger charge is -2.13. The number of nitrogens with zero attached hydrogens (tertiary/aromatic N) is 4. The van der Waals surface area contributed by atoms with Gasteiger partial charge in [0.25, 0.3) is 0 Å². The van der Waals surface area contributed by atoms with Crippen LogP contribution in [0.25, 0.3) is 22.4 Å². The van der Waals surface area contributed by atoms with E-state index in [-0.39, 0.29) is 11.8 Å². The van der Waals surface area contributed by atoms with Crippen molar-refractivity contribution >= 4 is 5.69 Å². The molecule has 0 aliphatic rings. The van der Waals surface area contributed by atoms with E-state index < -0.39 is 5.82 Å². The molecule has 31 heavy (non-hydrogen) atoms. The van der Waals surface area contributed by atoms with E-state index in [0.717, 1.165) is 22.5 Å². The maximum absolute atomic E-state index is 14.9. The van der Waals surface area contributed by atoms with Crippen LogP contribution in [-0.4, -0.2) is 19.5 Å². The van der Waals surface area contributed by atoms with Crippen LogP contribution in [-0.2, 0) is 7.05 Å². The van der Waals surface area contributed by atoms with E-state index in [1.807, 2.05) is 24.6 Å². The van der Waals surface area contributed by atoms with Crippen LogP contribution in [0.1, 0.15) is 17.0 Å². The number of hydrogen-bond acceptors (Lipinski definition) is 5. The lowest BCUT2D eigenvalue weighted by Crippen LogP contribution is -1.98. The minimum atomic E-state index is -0.547. The van der Waals surface area contributed by atoms with Crippen molar-refractivity contribution in [2.75, 3.05) is 5.73 Å². The lowest BCUT2D eigenvalue weighted by atomic mass is 9.98. The smallest absolute Gasteiger partial charge is 0.322 e. The van der Waals surface area contributed by atoms with Gasteiger partial charge in [0.15, 0.2) is 11.6 Å². The highest BCUT2D eigenvalue weighted by molar-refractivity contribution is 5.91. The van der Waals surface area contributed by atoms with Gasteiger partial charge in [-0.05, 0) is 49.2 Å². The number of benzene rings is 1. The van der Waals surface area contributed by atoms with Gasteiger partial charge < -0.3 is 15.0 Å². The highest BCUT2D eigenvalue weighted by Gasteiger charge is 2.20. The Kier molecular flexibility index (Phi) is 5.14. The molecule has 0 atom stereocenters. The molecule has 4 aromatic rings. The van der Waals surface area contributed by atoms with E-state index in [1.165, 1.54) is 6.07 Å². The van der Waals surface area contributed by atoms with Crippen molar-refractivity contribution in [2.45, 2.75) is 13.8 Å². The minimum absolute atomic E-state index is 0.0293. The molecule has 154 valence electrons. The van der Waals surface area contributed by atoms with Gasteiger partial charge in [0.1, 0.15) is 5.69 Å². The van der Waals surface area contributed by atoms with E-state index in [2.05, 4.69) is 20.9 Å². The monoisotopic (exact) mass is 413 g/mol. The van der Waals surface area contributed by atoms with Crippen molar-refractivity contribution in [3.63, 3.8) is 0 Å². The summed E-state index contributed by atoms with van der Waals surface area (Å²) in [5, 5.41) is 0. The average Bonchev–Trinajstić information content (AvgIpc) is 3.03. The van der Waals surface area contributed by atoms with Crippen molar-refractivity contribution in [1.82, 2.24) is 19.5 Å². The van der Waals surface area contributed by atoms with Crippen molar-refractivity contribution in [1.29, 1.82) is 0 Å². The first-order valence-electron chi connectivity index (χ1n) is 9.53. The number of hydrogen-bond donors (Lipinski definition) is 1. The number of halogens is 1. The SMILES string of the molecule is C#Cc1cc(C)c(-c2c(-c3ccc(Oc4nccc(C)n4)c(F)c3)c(N)cn2C)cn1. The third-order valence-electron chi connectivity index (χ3n) is 4.92. The normalized spacial score (nSPS) is 10.7. The molecule has 6 nitrogen and oxygen atoms in total. The van der Waals surface area contributed by atoms with Crippen molar-refractivity contribution < 1.29 is 9.13 Å². The Balaban J connectivity index is 1.77. The van der Waals surface area contributed by atoms with E-state index >= 15 is 0 Å². The first-order chi connectivity index (χ1) is 14.9. The molecule has 0 amide bonds. The Morgan fingerprint density at radius 2 is 1.97 bits per heavy atom. The molecular formula is C24H20FN5O. The van der Waals surface area contributed by atoms with Crippen LogP contribution in [0, 0.1) is 32.0 Å². The summed E-state index contributed by atoms with van der Waals surface area (Å²) in [6.07, 6.45) is 10.5. The second kappa shape index (κ2) is 7.92. The number of terminal acetylenes is 1. The quantitative estimate of drug-likeness (QED) is 0.493. The van der Waals surface area contributed by atoms with Gasteiger partial charge in [-0.2, -0.15) is 0 Å². The number of ether oxygens (including phenoxy) is 1. The van der Waals surface area contributed by atoms with Gasteiger partial charge in [0, 0.05) is 42.5 Å². The van der Waals surface area contributed by atoms with Crippen LogP contribution in [0.15, 0.2) is 48.9 Å². The maximum Gasteiger partial charge on any atom is 0.322 e. The molecule has 0 radical (unpaired) electrons. The van der Waals surface area contributed by atoms with Crippen LogP contribution < -0.4 is 10.5 Å². The Morgan fingerprint density at radius 1 is 1.16 bits per heavy atom. The Labute approximate surface area is 179 Å². The van der Waals surface area contributed by atoms with Gasteiger partial charge in [0.2, 0.25) is 0 Å². The number of anilines is 1. The van der Waals surface area contributed by atoms with Crippen molar-refractivity contribution in [2.24, 2.45) is 7.05 Å². The first kappa shape index (κ1) is 20.1. The summed E-state index contributed by atoms with van der Waals surface area (Å²) in [6, 6.07) is 8.34. The van der Waals surface area contributed by atoms with Gasteiger partial charge in [-0.25, -0.2) is 19.3 Å². The molecule has 3 aromatic heterocycles. The van der Waals surface area contributed by atoms with E-state index in [1.54, 1.807) is 43.7 Å². The van der Waals surface area contributed by atoms with E-state index in [9.17, 15) is 4.39 Å². The highest BCUT2D eigenvalue weighted by atomic mass is 19.1. The van der Waals surface area contributed by atoms with Gasteiger partial charge in [-0.15, -0.1) is 6.42 Å². The molecule has 0 saturated heterocycles. The Morgan fingerprint density at radius 3 is 2.65 bits per heavy atom. The summed E-state index contributed by atoms with van der Waals surface area (Å²) < 4.78 is 22.3. The average molecular weight is 413 g/mol.